The Labute approximate surface area is 143 Å². The van der Waals surface area contributed by atoms with Crippen molar-refractivity contribution in [2.45, 2.75) is 40.7 Å². The van der Waals surface area contributed by atoms with Crippen LogP contribution in [0.4, 0.5) is 13.9 Å². The van der Waals surface area contributed by atoms with E-state index in [2.05, 4.69) is 15.0 Å². The number of amides is 1. The average Bonchev–Trinajstić information content (AvgIpc) is 2.88. The van der Waals surface area contributed by atoms with E-state index in [1.165, 1.54) is 23.5 Å². The average molecular weight is 354 g/mol. The van der Waals surface area contributed by atoms with Crippen LogP contribution < -0.4 is 10.1 Å². The number of aromatic nitrogens is 1. The zero-order chi connectivity index (χ0) is 17.9. The molecule has 0 radical (unpaired) electrons. The van der Waals surface area contributed by atoms with E-state index in [1.807, 2.05) is 27.7 Å². The first-order valence-electron chi connectivity index (χ1n) is 7.57. The van der Waals surface area contributed by atoms with Gasteiger partial charge in [0.1, 0.15) is 5.75 Å². The number of nitrogens with one attached hydrogen (secondary N) is 1. The van der Waals surface area contributed by atoms with Gasteiger partial charge in [-0.05, 0) is 37.6 Å². The number of benzene rings is 1. The van der Waals surface area contributed by atoms with E-state index in [-0.39, 0.29) is 11.7 Å². The Morgan fingerprint density at radius 1 is 1.33 bits per heavy atom. The number of hydrogen-bond acceptors (Lipinski definition) is 4. The van der Waals surface area contributed by atoms with E-state index < -0.39 is 12.0 Å². The summed E-state index contributed by atoms with van der Waals surface area (Å²) in [6, 6.07) is 6.28. The maximum absolute atomic E-state index is 12.2. The fourth-order valence-electron chi connectivity index (χ4n) is 1.94. The zero-order valence-electron chi connectivity index (χ0n) is 14.0. The lowest BCUT2D eigenvalue weighted by Gasteiger charge is -2.20. The maximum Gasteiger partial charge on any atom is 0.387 e. The molecule has 0 saturated heterocycles. The molecule has 1 amide bonds. The molecule has 1 heterocycles. The number of thiazole rings is 1. The van der Waals surface area contributed by atoms with Crippen molar-refractivity contribution >= 4 is 22.4 Å². The molecule has 0 bridgehead atoms. The molecule has 24 heavy (non-hydrogen) atoms. The highest BCUT2D eigenvalue weighted by atomic mass is 32.1. The Kier molecular flexibility index (Phi) is 5.54. The fourth-order valence-corrected chi connectivity index (χ4v) is 2.77. The van der Waals surface area contributed by atoms with Crippen molar-refractivity contribution < 1.29 is 18.3 Å². The van der Waals surface area contributed by atoms with Crippen LogP contribution >= 0.6 is 11.3 Å². The van der Waals surface area contributed by atoms with E-state index in [0.29, 0.717) is 10.8 Å². The molecular weight excluding hydrogens is 334 g/mol. The lowest BCUT2D eigenvalue weighted by Crippen LogP contribution is -2.29. The van der Waals surface area contributed by atoms with Crippen LogP contribution in [-0.2, 0) is 4.79 Å². The van der Waals surface area contributed by atoms with Crippen LogP contribution in [0, 0.1) is 12.3 Å². The first-order chi connectivity index (χ1) is 11.2. The van der Waals surface area contributed by atoms with Gasteiger partial charge in [-0.3, -0.25) is 4.79 Å². The van der Waals surface area contributed by atoms with Crippen LogP contribution in [0.1, 0.15) is 32.1 Å². The Morgan fingerprint density at radius 2 is 1.96 bits per heavy atom. The predicted octanol–water partition coefficient (Wildman–Crippen LogP) is 5.09. The lowest BCUT2D eigenvalue weighted by molar-refractivity contribution is -0.124. The fraction of sp³-hybridized carbons (Fsp3) is 0.412. The minimum Gasteiger partial charge on any atom is -0.435 e. The molecule has 7 heteroatoms. The van der Waals surface area contributed by atoms with Gasteiger partial charge in [0.15, 0.2) is 5.13 Å². The first-order valence-corrected chi connectivity index (χ1v) is 8.38. The van der Waals surface area contributed by atoms with E-state index in [4.69, 9.17) is 0 Å². The summed E-state index contributed by atoms with van der Waals surface area (Å²) in [6.45, 7) is 4.77. The van der Waals surface area contributed by atoms with Gasteiger partial charge in [-0.1, -0.05) is 20.8 Å². The predicted molar refractivity (Wildman–Crippen MR) is 91.6 cm³/mol. The molecule has 0 spiro atoms. The zero-order valence-corrected chi connectivity index (χ0v) is 14.8. The molecule has 2 rings (SSSR count). The van der Waals surface area contributed by atoms with E-state index in [1.54, 1.807) is 12.1 Å². The summed E-state index contributed by atoms with van der Waals surface area (Å²) >= 11 is 1.38. The molecule has 0 aliphatic heterocycles. The number of nitrogens with zero attached hydrogens (tertiary/aromatic N) is 1. The minimum atomic E-state index is -2.85. The van der Waals surface area contributed by atoms with Crippen molar-refractivity contribution in [2.75, 3.05) is 5.32 Å². The van der Waals surface area contributed by atoms with Crippen LogP contribution in [0.15, 0.2) is 24.3 Å². The number of carbonyl (C=O) groups excluding carboxylic acids is 1. The van der Waals surface area contributed by atoms with Crippen LogP contribution in [0.3, 0.4) is 0 Å². The molecular formula is C17H20F2N2O2S. The molecule has 130 valence electrons. The molecule has 2 aromatic rings. The lowest BCUT2D eigenvalue weighted by atomic mass is 9.89. The van der Waals surface area contributed by atoms with Gasteiger partial charge >= 0.3 is 6.61 Å². The highest BCUT2D eigenvalue weighted by Crippen LogP contribution is 2.32. The minimum absolute atomic E-state index is 0.0778. The van der Waals surface area contributed by atoms with Crippen molar-refractivity contribution in [1.29, 1.82) is 0 Å². The van der Waals surface area contributed by atoms with Gasteiger partial charge < -0.3 is 10.1 Å². The monoisotopic (exact) mass is 354 g/mol. The van der Waals surface area contributed by atoms with Gasteiger partial charge in [0.05, 0.1) is 5.69 Å². The molecule has 0 unspecified atom stereocenters. The normalized spacial score (nSPS) is 11.6. The Balaban J connectivity index is 2.18. The maximum atomic E-state index is 12.2. The smallest absolute Gasteiger partial charge is 0.387 e. The van der Waals surface area contributed by atoms with Crippen molar-refractivity contribution in [3.63, 3.8) is 0 Å². The topological polar surface area (TPSA) is 51.2 Å². The molecule has 1 aromatic carbocycles. The number of carbonyl (C=O) groups is 1. The van der Waals surface area contributed by atoms with Crippen LogP contribution in [0.25, 0.3) is 11.3 Å². The van der Waals surface area contributed by atoms with Gasteiger partial charge in [-0.25, -0.2) is 4.98 Å². The second-order valence-corrected chi connectivity index (χ2v) is 7.22. The van der Waals surface area contributed by atoms with Crippen LogP contribution in [-0.4, -0.2) is 17.5 Å². The van der Waals surface area contributed by atoms with E-state index in [9.17, 15) is 13.6 Å². The number of rotatable bonds is 6. The number of halogens is 2. The number of hydrogen-bond donors (Lipinski definition) is 1. The van der Waals surface area contributed by atoms with Crippen LogP contribution in [0.2, 0.25) is 0 Å². The highest BCUT2D eigenvalue weighted by Gasteiger charge is 2.26. The molecule has 0 fully saturated rings. The Bertz CT molecular complexity index is 712. The summed E-state index contributed by atoms with van der Waals surface area (Å²) in [7, 11) is 0. The van der Waals surface area contributed by atoms with Gasteiger partial charge in [-0.2, -0.15) is 8.78 Å². The molecule has 0 aliphatic rings. The highest BCUT2D eigenvalue weighted by molar-refractivity contribution is 7.16. The summed E-state index contributed by atoms with van der Waals surface area (Å²) in [5, 5.41) is 3.38. The van der Waals surface area contributed by atoms with Crippen molar-refractivity contribution in [1.82, 2.24) is 4.98 Å². The molecule has 0 atom stereocenters. The molecule has 0 aliphatic carbocycles. The van der Waals surface area contributed by atoms with Crippen LogP contribution in [0.5, 0.6) is 5.75 Å². The van der Waals surface area contributed by atoms with Crippen molar-refractivity contribution in [3.05, 3.63) is 29.1 Å². The number of alkyl halides is 2. The molecule has 4 nitrogen and oxygen atoms in total. The second kappa shape index (κ2) is 7.25. The van der Waals surface area contributed by atoms with Gasteiger partial charge in [0.25, 0.3) is 0 Å². The van der Waals surface area contributed by atoms with Crippen molar-refractivity contribution in [2.24, 2.45) is 5.41 Å². The Morgan fingerprint density at radius 3 is 2.50 bits per heavy atom. The van der Waals surface area contributed by atoms with E-state index >= 15 is 0 Å². The third kappa shape index (κ3) is 4.29. The summed E-state index contributed by atoms with van der Waals surface area (Å²) in [4.78, 5) is 17.6. The Hall–Kier alpha value is -2.02. The summed E-state index contributed by atoms with van der Waals surface area (Å²) in [5.41, 5.74) is 1.03. The van der Waals surface area contributed by atoms with Gasteiger partial charge in [0, 0.05) is 15.9 Å². The van der Waals surface area contributed by atoms with Crippen molar-refractivity contribution in [3.8, 4) is 17.0 Å². The van der Waals surface area contributed by atoms with Gasteiger partial charge in [0.2, 0.25) is 5.91 Å². The second-order valence-electron chi connectivity index (χ2n) is 6.02. The number of anilines is 1. The quantitative estimate of drug-likeness (QED) is 0.786. The number of aryl methyl sites for hydroxylation is 1. The molecule has 1 N–H and O–H groups in total. The molecule has 0 saturated carbocycles. The summed E-state index contributed by atoms with van der Waals surface area (Å²) < 4.78 is 28.7. The number of ether oxygens (including phenoxy) is 1. The van der Waals surface area contributed by atoms with Gasteiger partial charge in [-0.15, -0.1) is 11.3 Å². The first kappa shape index (κ1) is 18.3. The standard InChI is InChI=1S/C17H20F2N2O2S/c1-5-17(3,4)14(22)21-16-20-13(10(2)24-16)11-6-8-12(9-7-11)23-15(18)19/h6-9,15H,5H2,1-4H3,(H,20,21,22). The third-order valence-corrected chi connectivity index (χ3v) is 4.75. The largest absolute Gasteiger partial charge is 0.435 e. The third-order valence-electron chi connectivity index (χ3n) is 3.87. The summed E-state index contributed by atoms with van der Waals surface area (Å²) in [6.07, 6.45) is 0.724. The SMILES string of the molecule is CCC(C)(C)C(=O)Nc1nc(-c2ccc(OC(F)F)cc2)c(C)s1. The summed E-state index contributed by atoms with van der Waals surface area (Å²) in [5.74, 6) is 0.0193. The van der Waals surface area contributed by atoms with E-state index in [0.717, 1.165) is 16.9 Å². The molecule has 1 aromatic heterocycles.